The second-order valence-electron chi connectivity index (χ2n) is 10.3. The first-order valence-electron chi connectivity index (χ1n) is 13.8. The minimum atomic E-state index is -3.67. The molecule has 1 aliphatic heterocycles. The lowest BCUT2D eigenvalue weighted by Crippen LogP contribution is -2.45. The number of carbonyl (C=O) groups is 2. The molecule has 0 saturated carbocycles. The van der Waals surface area contributed by atoms with Crippen molar-refractivity contribution in [3.8, 4) is 16.9 Å². The summed E-state index contributed by atoms with van der Waals surface area (Å²) in [5.74, 6) is -1.83. The van der Waals surface area contributed by atoms with E-state index in [9.17, 15) is 36.6 Å². The summed E-state index contributed by atoms with van der Waals surface area (Å²) >= 11 is 0. The fraction of sp³-hybridized carbons (Fsp3) is 0.333. The average Bonchev–Trinajstić information content (AvgIpc) is 2.94. The highest BCUT2D eigenvalue weighted by atomic mass is 32.2. The molecule has 1 amide bonds. The van der Waals surface area contributed by atoms with Crippen LogP contribution in [0.4, 0.5) is 5.69 Å². The molecule has 45 heavy (non-hydrogen) atoms. The van der Waals surface area contributed by atoms with E-state index >= 15 is 0 Å². The molecule has 5 N–H and O–H groups in total. The molecule has 15 heteroatoms. The first-order chi connectivity index (χ1) is 20.9. The molecule has 0 atom stereocenters. The third-order valence-corrected chi connectivity index (χ3v) is 6.32. The summed E-state index contributed by atoms with van der Waals surface area (Å²) in [5.41, 5.74) is 2.90. The number of carboxylic acids is 1. The Labute approximate surface area is 263 Å². The van der Waals surface area contributed by atoms with Crippen molar-refractivity contribution in [2.75, 3.05) is 50.6 Å². The molecule has 3 aromatic rings. The molecule has 3 aromatic carbocycles. The zero-order valence-electron chi connectivity index (χ0n) is 25.2. The number of nitrogens with one attached hydrogen (secondary N) is 1. The Bertz CT molecular complexity index is 1610. The quantitative estimate of drug-likeness (QED) is 0.219. The molecule has 1 fully saturated rings. The second-order valence-corrected chi connectivity index (χ2v) is 13.3. The summed E-state index contributed by atoms with van der Waals surface area (Å²) in [7, 11) is -7.33. The van der Waals surface area contributed by atoms with Crippen LogP contribution < -0.4 is 5.32 Å². The van der Waals surface area contributed by atoms with Gasteiger partial charge >= 0.3 is 5.97 Å². The number of rotatable bonds is 8. The molecule has 0 unspecified atom stereocenters. The fourth-order valence-electron chi connectivity index (χ4n) is 4.44. The summed E-state index contributed by atoms with van der Waals surface area (Å²) < 4.78 is 51.7. The maximum atomic E-state index is 13.1. The maximum absolute atomic E-state index is 13.1. The Kier molecular flexibility index (Phi) is 14.1. The predicted molar refractivity (Wildman–Crippen MR) is 172 cm³/mol. The molecular formula is C30H39N3O10S2. The minimum Gasteiger partial charge on any atom is -0.507 e. The van der Waals surface area contributed by atoms with Crippen molar-refractivity contribution in [3.05, 3.63) is 83.4 Å². The van der Waals surface area contributed by atoms with Gasteiger partial charge in [-0.2, -0.15) is 16.8 Å². The van der Waals surface area contributed by atoms with Crippen LogP contribution in [0.3, 0.4) is 0 Å². The number of nitrogens with zero attached hydrogens (tertiary/aromatic N) is 2. The van der Waals surface area contributed by atoms with Crippen LogP contribution >= 0.6 is 0 Å². The number of carbonyl (C=O) groups excluding carboxylic acids is 1. The number of aromatic hydroxyl groups is 1. The van der Waals surface area contributed by atoms with Crippen LogP contribution in [0.5, 0.6) is 5.75 Å². The van der Waals surface area contributed by atoms with E-state index in [4.69, 9.17) is 9.11 Å². The smallest absolute Gasteiger partial charge is 0.337 e. The highest BCUT2D eigenvalue weighted by Crippen LogP contribution is 2.28. The van der Waals surface area contributed by atoms with Crippen molar-refractivity contribution in [1.29, 1.82) is 0 Å². The van der Waals surface area contributed by atoms with Crippen molar-refractivity contribution in [1.82, 2.24) is 9.80 Å². The summed E-state index contributed by atoms with van der Waals surface area (Å²) in [6.07, 6.45) is 2.58. The van der Waals surface area contributed by atoms with Gasteiger partial charge in [0.25, 0.3) is 26.1 Å². The van der Waals surface area contributed by atoms with Crippen LogP contribution in [-0.2, 0) is 26.8 Å². The number of aromatic carboxylic acids is 1. The van der Waals surface area contributed by atoms with Crippen LogP contribution in [0.2, 0.25) is 0 Å². The average molecular weight is 666 g/mol. The number of benzene rings is 3. The van der Waals surface area contributed by atoms with Gasteiger partial charge in [0.2, 0.25) is 0 Å². The van der Waals surface area contributed by atoms with Crippen molar-refractivity contribution >= 4 is 37.8 Å². The molecule has 0 aliphatic carbocycles. The molecule has 0 aromatic heterocycles. The molecule has 1 aliphatic rings. The lowest BCUT2D eigenvalue weighted by Gasteiger charge is -2.34. The summed E-state index contributed by atoms with van der Waals surface area (Å²) in [4.78, 5) is 29.7. The number of phenols is 1. The summed E-state index contributed by atoms with van der Waals surface area (Å²) in [5, 5.41) is 22.7. The fourth-order valence-corrected chi connectivity index (χ4v) is 4.44. The van der Waals surface area contributed by atoms with Gasteiger partial charge in [-0.25, -0.2) is 4.79 Å². The van der Waals surface area contributed by atoms with E-state index in [0.29, 0.717) is 19.1 Å². The van der Waals surface area contributed by atoms with Crippen molar-refractivity contribution in [2.24, 2.45) is 0 Å². The number of amides is 1. The van der Waals surface area contributed by atoms with Crippen LogP contribution in [0.25, 0.3) is 11.1 Å². The summed E-state index contributed by atoms with van der Waals surface area (Å²) in [6.45, 7) is 7.94. The molecule has 1 saturated heterocycles. The Morgan fingerprint density at radius 3 is 1.87 bits per heavy atom. The lowest BCUT2D eigenvalue weighted by molar-refractivity contribution is 0.0698. The van der Waals surface area contributed by atoms with Gasteiger partial charge in [-0.15, -0.1) is 0 Å². The van der Waals surface area contributed by atoms with Crippen LogP contribution in [0.15, 0.2) is 66.7 Å². The Hall–Kier alpha value is -3.86. The molecule has 4 rings (SSSR count). The van der Waals surface area contributed by atoms with E-state index < -0.39 is 32.1 Å². The van der Waals surface area contributed by atoms with Gasteiger partial charge in [0.1, 0.15) is 5.75 Å². The van der Waals surface area contributed by atoms with E-state index in [1.165, 1.54) is 12.1 Å². The largest absolute Gasteiger partial charge is 0.507 e. The Morgan fingerprint density at radius 1 is 0.778 bits per heavy atom. The van der Waals surface area contributed by atoms with Gasteiger partial charge in [0.15, 0.2) is 0 Å². The van der Waals surface area contributed by atoms with Gasteiger partial charge in [-0.05, 0) is 53.9 Å². The topological polar surface area (TPSA) is 202 Å². The van der Waals surface area contributed by atoms with Gasteiger partial charge in [0, 0.05) is 32.7 Å². The zero-order chi connectivity index (χ0) is 33.8. The molecule has 0 radical (unpaired) electrons. The number of phenolic OH excluding ortho intramolecular Hbond substituents is 1. The van der Waals surface area contributed by atoms with Crippen LogP contribution in [0, 0.1) is 0 Å². The number of hydrogen-bond donors (Lipinski definition) is 5. The van der Waals surface area contributed by atoms with Gasteiger partial charge in [-0.1, -0.05) is 49.4 Å². The lowest BCUT2D eigenvalue weighted by atomic mass is 10.0. The highest BCUT2D eigenvalue weighted by Gasteiger charge is 2.20. The first kappa shape index (κ1) is 37.3. The normalized spacial score (nSPS) is 13.9. The second kappa shape index (κ2) is 17.0. The van der Waals surface area contributed by atoms with Crippen molar-refractivity contribution in [2.45, 2.75) is 19.9 Å². The molecule has 246 valence electrons. The number of anilines is 1. The molecule has 1 heterocycles. The molecule has 0 spiro atoms. The van der Waals surface area contributed by atoms with E-state index in [1.54, 1.807) is 18.2 Å². The molecular weight excluding hydrogens is 626 g/mol. The maximum Gasteiger partial charge on any atom is 0.337 e. The third-order valence-electron chi connectivity index (χ3n) is 6.32. The highest BCUT2D eigenvalue weighted by molar-refractivity contribution is 7.85. The Morgan fingerprint density at radius 2 is 1.33 bits per heavy atom. The predicted octanol–water partition coefficient (Wildman–Crippen LogP) is 3.55. The number of carboxylic acid groups (broad SMARTS) is 1. The van der Waals surface area contributed by atoms with Crippen molar-refractivity contribution < 1.29 is 45.7 Å². The molecule has 0 bridgehead atoms. The van der Waals surface area contributed by atoms with E-state index in [2.05, 4.69) is 22.0 Å². The molecule has 13 nitrogen and oxygen atoms in total. The van der Waals surface area contributed by atoms with E-state index in [-0.39, 0.29) is 22.6 Å². The first-order valence-corrected chi connectivity index (χ1v) is 17.5. The third kappa shape index (κ3) is 14.6. The summed E-state index contributed by atoms with van der Waals surface area (Å²) in [6, 6.07) is 19.4. The van der Waals surface area contributed by atoms with Crippen molar-refractivity contribution in [3.63, 3.8) is 0 Å². The van der Waals surface area contributed by atoms with Crippen LogP contribution in [0.1, 0.15) is 39.6 Å². The zero-order valence-corrected chi connectivity index (χ0v) is 26.9. The Balaban J connectivity index is 0.000000613. The van der Waals surface area contributed by atoms with E-state index in [0.717, 1.165) is 55.8 Å². The minimum absolute atomic E-state index is 0.0152. The number of hydrogen-bond acceptors (Lipinski definition) is 9. The monoisotopic (exact) mass is 665 g/mol. The standard InChI is InChI=1S/C28H31N3O4.2CH4O3S/c1-2-12-30-13-15-31(16-14-30)19-20-8-11-26(32)24(17-20)27(33)29-25-18-22(9-10-23(25)28(34)35)21-6-4-3-5-7-21;2*1-5(2,3)4/h3-11,17-18,32H,2,12-16,19H2,1H3,(H,29,33)(H,34,35);2*1H3,(H,2,3,4). The van der Waals surface area contributed by atoms with Gasteiger partial charge in [0.05, 0.1) is 29.3 Å². The van der Waals surface area contributed by atoms with Gasteiger partial charge in [-0.3, -0.25) is 18.8 Å². The number of piperazine rings is 1. The van der Waals surface area contributed by atoms with Gasteiger partial charge < -0.3 is 20.4 Å². The van der Waals surface area contributed by atoms with E-state index in [1.807, 2.05) is 36.4 Å². The van der Waals surface area contributed by atoms with Crippen LogP contribution in [-0.4, -0.2) is 103 Å². The SMILES string of the molecule is CCCN1CCN(Cc2ccc(O)c(C(=O)Nc3cc(-c4ccccc4)ccc3C(=O)O)c2)CC1.CS(=O)(=O)O.CS(=O)(=O)O.